The first-order valence-electron chi connectivity index (χ1n) is 12.4. The van der Waals surface area contributed by atoms with E-state index in [4.69, 9.17) is 16.6 Å². The summed E-state index contributed by atoms with van der Waals surface area (Å²) >= 11 is 8.07. The number of hydrogen-bond donors (Lipinski definition) is 0. The highest BCUT2D eigenvalue weighted by Crippen LogP contribution is 2.40. The first kappa shape index (κ1) is 22.9. The molecule has 180 valence electrons. The number of aromatic nitrogens is 2. The van der Waals surface area contributed by atoms with Gasteiger partial charge in [0, 0.05) is 21.0 Å². The Kier molecular flexibility index (Phi) is 5.73. The summed E-state index contributed by atoms with van der Waals surface area (Å²) in [6.45, 7) is 0. The fraction of sp³-hybridized carbons (Fsp3) is 0. The topological polar surface area (TPSA) is 25.8 Å². The lowest BCUT2D eigenvalue weighted by molar-refractivity contribution is 1.24. The summed E-state index contributed by atoms with van der Waals surface area (Å²) in [5.41, 5.74) is 8.91. The summed E-state index contributed by atoms with van der Waals surface area (Å²) in [4.78, 5) is 10.2. The first-order chi connectivity index (χ1) is 18.7. The van der Waals surface area contributed by atoms with E-state index < -0.39 is 0 Å². The zero-order valence-electron chi connectivity index (χ0n) is 20.3. The summed E-state index contributed by atoms with van der Waals surface area (Å²) in [5.74, 6) is 0. The molecule has 0 unspecified atom stereocenters. The summed E-state index contributed by atoms with van der Waals surface area (Å²) < 4.78 is 1.18. The van der Waals surface area contributed by atoms with Crippen molar-refractivity contribution in [3.8, 4) is 44.6 Å². The van der Waals surface area contributed by atoms with Crippen molar-refractivity contribution in [2.24, 2.45) is 0 Å². The van der Waals surface area contributed by atoms with Gasteiger partial charge in [-0.15, -0.1) is 11.3 Å². The minimum Gasteiger partial charge on any atom is -0.217 e. The summed E-state index contributed by atoms with van der Waals surface area (Å²) in [7, 11) is 0. The van der Waals surface area contributed by atoms with Crippen molar-refractivity contribution in [1.82, 2.24) is 9.97 Å². The average Bonchev–Trinajstić information content (AvgIpc) is 3.35. The molecule has 0 aliphatic carbocycles. The van der Waals surface area contributed by atoms with Gasteiger partial charge in [0.2, 0.25) is 5.28 Å². The molecule has 38 heavy (non-hydrogen) atoms. The molecule has 2 heterocycles. The van der Waals surface area contributed by atoms with Crippen LogP contribution in [0.1, 0.15) is 0 Å². The normalized spacial score (nSPS) is 11.3. The molecule has 0 atom stereocenters. The van der Waals surface area contributed by atoms with Crippen molar-refractivity contribution >= 4 is 43.2 Å². The number of halogens is 1. The monoisotopic (exact) mass is 524 g/mol. The van der Waals surface area contributed by atoms with Gasteiger partial charge in [0.05, 0.1) is 5.69 Å². The van der Waals surface area contributed by atoms with Crippen LogP contribution >= 0.6 is 22.9 Å². The standard InChI is InChI=1S/C34H21ClN2S/c35-34-36-32(31-29-16-7-8-17-30(29)38-33(31)37-34)25-15-9-14-24(18-25)28-20-26(22-10-3-1-4-11-22)19-27(21-28)23-12-5-2-6-13-23/h1-21H. The smallest absolute Gasteiger partial charge is 0.217 e. The minimum atomic E-state index is 0.266. The number of nitrogens with zero attached hydrogens (tertiary/aromatic N) is 2. The molecule has 0 N–H and O–H groups in total. The van der Waals surface area contributed by atoms with E-state index >= 15 is 0 Å². The third kappa shape index (κ3) is 4.16. The molecule has 2 nitrogen and oxygen atoms in total. The Morgan fingerprint density at radius 3 is 1.68 bits per heavy atom. The number of rotatable bonds is 4. The van der Waals surface area contributed by atoms with Gasteiger partial charge in [-0.3, -0.25) is 0 Å². The predicted octanol–water partition coefficient (Wildman–Crippen LogP) is 10.2. The molecule has 0 saturated heterocycles. The first-order valence-corrected chi connectivity index (χ1v) is 13.6. The van der Waals surface area contributed by atoms with Crippen molar-refractivity contribution in [3.05, 3.63) is 133 Å². The highest BCUT2D eigenvalue weighted by atomic mass is 35.5. The van der Waals surface area contributed by atoms with Gasteiger partial charge in [0.15, 0.2) is 0 Å². The number of hydrogen-bond acceptors (Lipinski definition) is 3. The Morgan fingerprint density at radius 1 is 0.474 bits per heavy atom. The molecule has 0 bridgehead atoms. The van der Waals surface area contributed by atoms with Crippen LogP contribution in [-0.4, -0.2) is 9.97 Å². The molecular formula is C34H21ClN2S. The second kappa shape index (κ2) is 9.53. The third-order valence-electron chi connectivity index (χ3n) is 6.83. The van der Waals surface area contributed by atoms with Crippen LogP contribution in [-0.2, 0) is 0 Å². The second-order valence-electron chi connectivity index (χ2n) is 9.23. The van der Waals surface area contributed by atoms with E-state index in [2.05, 4.69) is 132 Å². The van der Waals surface area contributed by atoms with Gasteiger partial charge >= 0.3 is 0 Å². The highest BCUT2D eigenvalue weighted by molar-refractivity contribution is 7.25. The van der Waals surface area contributed by atoms with Crippen LogP contribution in [0.2, 0.25) is 5.28 Å². The van der Waals surface area contributed by atoms with Crippen LogP contribution in [0.5, 0.6) is 0 Å². The molecule has 0 fully saturated rings. The van der Waals surface area contributed by atoms with Gasteiger partial charge in [-0.05, 0) is 75.3 Å². The van der Waals surface area contributed by atoms with Gasteiger partial charge in [0.1, 0.15) is 4.83 Å². The Labute approximate surface area is 229 Å². The fourth-order valence-corrected chi connectivity index (χ4v) is 6.34. The Morgan fingerprint density at radius 2 is 1.00 bits per heavy atom. The molecule has 7 rings (SSSR count). The van der Waals surface area contributed by atoms with E-state index in [0.717, 1.165) is 38.0 Å². The Hall–Kier alpha value is -4.31. The molecule has 0 amide bonds. The number of fused-ring (bicyclic) bond motifs is 3. The van der Waals surface area contributed by atoms with Crippen LogP contribution in [0, 0.1) is 0 Å². The van der Waals surface area contributed by atoms with Crippen molar-refractivity contribution in [2.45, 2.75) is 0 Å². The molecule has 0 aliphatic rings. The van der Waals surface area contributed by atoms with Gasteiger partial charge < -0.3 is 0 Å². The molecular weight excluding hydrogens is 504 g/mol. The molecule has 0 radical (unpaired) electrons. The second-order valence-corrected chi connectivity index (χ2v) is 10.6. The van der Waals surface area contributed by atoms with Gasteiger partial charge in [0.25, 0.3) is 0 Å². The molecule has 4 heteroatoms. The number of thiophene rings is 1. The zero-order chi connectivity index (χ0) is 25.5. The summed E-state index contributed by atoms with van der Waals surface area (Å²) in [5, 5.41) is 2.47. The SMILES string of the molecule is Clc1nc(-c2cccc(-c3cc(-c4ccccc4)cc(-c4ccccc4)c3)c2)c2c(n1)sc1ccccc12. The molecule has 0 saturated carbocycles. The largest absolute Gasteiger partial charge is 0.224 e. The molecule has 7 aromatic rings. The summed E-state index contributed by atoms with van der Waals surface area (Å²) in [6.07, 6.45) is 0. The van der Waals surface area contributed by atoms with Crippen LogP contribution in [0.15, 0.2) is 127 Å². The fourth-order valence-electron chi connectivity index (χ4n) is 5.04. The van der Waals surface area contributed by atoms with E-state index in [-0.39, 0.29) is 5.28 Å². The van der Waals surface area contributed by atoms with Crippen LogP contribution in [0.25, 0.3) is 64.9 Å². The van der Waals surface area contributed by atoms with Crippen LogP contribution < -0.4 is 0 Å². The van der Waals surface area contributed by atoms with Crippen molar-refractivity contribution in [2.75, 3.05) is 0 Å². The highest BCUT2D eigenvalue weighted by Gasteiger charge is 2.16. The maximum absolute atomic E-state index is 6.42. The molecule has 0 aliphatic heterocycles. The lowest BCUT2D eigenvalue weighted by atomic mass is 9.92. The van der Waals surface area contributed by atoms with Crippen molar-refractivity contribution in [3.63, 3.8) is 0 Å². The molecule has 5 aromatic carbocycles. The van der Waals surface area contributed by atoms with E-state index in [1.807, 2.05) is 0 Å². The van der Waals surface area contributed by atoms with Crippen molar-refractivity contribution < 1.29 is 0 Å². The van der Waals surface area contributed by atoms with Gasteiger partial charge in [-0.25, -0.2) is 9.97 Å². The summed E-state index contributed by atoms with van der Waals surface area (Å²) in [6, 6.07) is 44.8. The van der Waals surface area contributed by atoms with E-state index in [9.17, 15) is 0 Å². The Balaban J connectivity index is 1.43. The minimum absolute atomic E-state index is 0.266. The maximum atomic E-state index is 6.42. The van der Waals surface area contributed by atoms with Crippen molar-refractivity contribution in [1.29, 1.82) is 0 Å². The zero-order valence-corrected chi connectivity index (χ0v) is 21.9. The lowest BCUT2D eigenvalue weighted by Gasteiger charge is -2.12. The third-order valence-corrected chi connectivity index (χ3v) is 8.06. The quantitative estimate of drug-likeness (QED) is 0.214. The average molecular weight is 525 g/mol. The molecule has 2 aromatic heterocycles. The maximum Gasteiger partial charge on any atom is 0.224 e. The Bertz CT molecular complexity index is 1870. The van der Waals surface area contributed by atoms with E-state index in [0.29, 0.717) is 0 Å². The van der Waals surface area contributed by atoms with Gasteiger partial charge in [-0.2, -0.15) is 0 Å². The predicted molar refractivity (Wildman–Crippen MR) is 162 cm³/mol. The van der Waals surface area contributed by atoms with E-state index in [1.54, 1.807) is 11.3 Å². The lowest BCUT2D eigenvalue weighted by Crippen LogP contribution is -1.90. The molecule has 0 spiro atoms. The van der Waals surface area contributed by atoms with Crippen LogP contribution in [0.4, 0.5) is 0 Å². The van der Waals surface area contributed by atoms with E-state index in [1.165, 1.54) is 27.0 Å². The number of benzene rings is 5. The van der Waals surface area contributed by atoms with Crippen LogP contribution in [0.3, 0.4) is 0 Å². The van der Waals surface area contributed by atoms with Gasteiger partial charge in [-0.1, -0.05) is 97.1 Å².